The zero-order valence-electron chi connectivity index (χ0n) is 6.74. The molecule has 0 N–H and O–H groups in total. The fraction of sp³-hybridized carbons (Fsp3) is 0.273. The largest absolute Gasteiger partial charge is 0.0842 e. The van der Waals surface area contributed by atoms with E-state index in [4.69, 9.17) is 0 Å². The lowest BCUT2D eigenvalue weighted by atomic mass is 10.2. The van der Waals surface area contributed by atoms with Crippen molar-refractivity contribution in [1.82, 2.24) is 0 Å². The van der Waals surface area contributed by atoms with Crippen molar-refractivity contribution in [3.63, 3.8) is 0 Å². The smallest absolute Gasteiger partial charge is 0.0163 e. The van der Waals surface area contributed by atoms with E-state index < -0.39 is 0 Å². The van der Waals surface area contributed by atoms with Gasteiger partial charge in [0.05, 0.1) is 0 Å². The Kier molecular flexibility index (Phi) is 4.19. The fourth-order valence-electron chi connectivity index (χ4n) is 0.935. The van der Waals surface area contributed by atoms with Crippen LogP contribution in [0.3, 0.4) is 0 Å². The first-order valence-corrected chi connectivity index (χ1v) is 4.13. The van der Waals surface area contributed by atoms with Gasteiger partial charge in [0, 0.05) is 0 Å². The van der Waals surface area contributed by atoms with Gasteiger partial charge in [-0.1, -0.05) is 48.6 Å². The minimum Gasteiger partial charge on any atom is -0.0842 e. The van der Waals surface area contributed by atoms with Crippen LogP contribution in [0.25, 0.3) is 0 Å². The van der Waals surface area contributed by atoms with E-state index in [-0.39, 0.29) is 0 Å². The number of hydrogen-bond acceptors (Lipinski definition) is 0. The molecular weight excluding hydrogens is 132 g/mol. The van der Waals surface area contributed by atoms with E-state index in [9.17, 15) is 0 Å². The summed E-state index contributed by atoms with van der Waals surface area (Å²) in [6, 6.07) is 0. The van der Waals surface area contributed by atoms with Crippen molar-refractivity contribution in [3.8, 4) is 0 Å². The van der Waals surface area contributed by atoms with E-state index in [0.29, 0.717) is 0 Å². The Morgan fingerprint density at radius 2 is 1.00 bits per heavy atom. The quantitative estimate of drug-likeness (QED) is 0.491. The van der Waals surface area contributed by atoms with E-state index in [1.54, 1.807) is 0 Å². The molecule has 0 bridgehead atoms. The third kappa shape index (κ3) is 4.38. The second kappa shape index (κ2) is 5.72. The minimum absolute atomic E-state index is 1.04. The first-order valence-electron chi connectivity index (χ1n) is 4.13. The molecule has 0 nitrogen and oxygen atoms in total. The Morgan fingerprint density at radius 3 is 1.55 bits per heavy atom. The summed E-state index contributed by atoms with van der Waals surface area (Å²) in [7, 11) is 0. The molecule has 0 saturated carbocycles. The zero-order chi connectivity index (χ0) is 7.78. The van der Waals surface area contributed by atoms with E-state index in [1.807, 2.05) is 0 Å². The molecule has 1 aliphatic carbocycles. The average molecular weight is 146 g/mol. The molecule has 0 aliphatic heterocycles. The Labute approximate surface area is 68.6 Å². The topological polar surface area (TPSA) is 0 Å². The molecule has 0 aromatic carbocycles. The summed E-state index contributed by atoms with van der Waals surface area (Å²) < 4.78 is 0. The highest BCUT2D eigenvalue weighted by atomic mass is 13.8. The van der Waals surface area contributed by atoms with E-state index in [1.165, 1.54) is 0 Å². The summed E-state index contributed by atoms with van der Waals surface area (Å²) in [4.78, 5) is 0. The van der Waals surface area contributed by atoms with Gasteiger partial charge in [-0.2, -0.15) is 0 Å². The zero-order valence-corrected chi connectivity index (χ0v) is 6.74. The molecule has 0 spiro atoms. The molecule has 0 amide bonds. The van der Waals surface area contributed by atoms with Crippen LogP contribution in [0, 0.1) is 0 Å². The Balaban J connectivity index is 2.47. The number of allylic oxidation sites excluding steroid dienone is 8. The lowest BCUT2D eigenvalue weighted by Gasteiger charge is -1.82. The monoisotopic (exact) mass is 146 g/mol. The summed E-state index contributed by atoms with van der Waals surface area (Å²) in [6.07, 6.45) is 20.5. The molecule has 0 heterocycles. The van der Waals surface area contributed by atoms with Crippen LogP contribution in [-0.4, -0.2) is 0 Å². The van der Waals surface area contributed by atoms with Gasteiger partial charge in [0.2, 0.25) is 0 Å². The highest BCUT2D eigenvalue weighted by Crippen LogP contribution is 1.96. The van der Waals surface area contributed by atoms with Gasteiger partial charge in [0.25, 0.3) is 0 Å². The average Bonchev–Trinajstić information content (AvgIpc) is 2.08. The maximum atomic E-state index is 2.20. The normalized spacial score (nSPS) is 26.9. The van der Waals surface area contributed by atoms with E-state index >= 15 is 0 Å². The predicted molar refractivity (Wildman–Crippen MR) is 50.4 cm³/mol. The summed E-state index contributed by atoms with van der Waals surface area (Å²) in [5, 5.41) is 0. The summed E-state index contributed by atoms with van der Waals surface area (Å²) in [5.74, 6) is 0. The maximum Gasteiger partial charge on any atom is -0.0163 e. The lowest BCUT2D eigenvalue weighted by Crippen LogP contribution is -1.61. The second-order valence-corrected chi connectivity index (χ2v) is 2.53. The number of rotatable bonds is 0. The Morgan fingerprint density at radius 1 is 0.545 bits per heavy atom. The minimum atomic E-state index is 1.04. The van der Waals surface area contributed by atoms with Crippen LogP contribution in [0.5, 0.6) is 0 Å². The molecule has 0 saturated heterocycles. The van der Waals surface area contributed by atoms with Gasteiger partial charge >= 0.3 is 0 Å². The van der Waals surface area contributed by atoms with Crippen LogP contribution in [0.4, 0.5) is 0 Å². The van der Waals surface area contributed by atoms with Crippen LogP contribution in [-0.2, 0) is 0 Å². The van der Waals surface area contributed by atoms with Crippen LogP contribution in [0.2, 0.25) is 0 Å². The summed E-state index contributed by atoms with van der Waals surface area (Å²) in [5.41, 5.74) is 0. The fourth-order valence-corrected chi connectivity index (χ4v) is 0.935. The highest BCUT2D eigenvalue weighted by molar-refractivity contribution is 5.10. The number of hydrogen-bond donors (Lipinski definition) is 0. The van der Waals surface area contributed by atoms with Crippen molar-refractivity contribution < 1.29 is 0 Å². The standard InChI is InChI=1S/C11H14/c1-2-4-6-8-10-11-9-7-5-3-1/h1-4,7,9-11H,5-6,8H2/b3-1-,4-2-,9-7?,11-10-. The van der Waals surface area contributed by atoms with Crippen molar-refractivity contribution in [3.05, 3.63) is 48.6 Å². The molecule has 1 rings (SSSR count). The predicted octanol–water partition coefficient (Wildman–Crippen LogP) is 3.40. The van der Waals surface area contributed by atoms with E-state index in [2.05, 4.69) is 48.6 Å². The molecule has 0 heteroatoms. The molecule has 0 unspecified atom stereocenters. The van der Waals surface area contributed by atoms with Crippen LogP contribution < -0.4 is 0 Å². The molecule has 11 heavy (non-hydrogen) atoms. The summed E-state index contributed by atoms with van der Waals surface area (Å²) >= 11 is 0. The van der Waals surface area contributed by atoms with Gasteiger partial charge < -0.3 is 0 Å². The van der Waals surface area contributed by atoms with Crippen molar-refractivity contribution in [2.45, 2.75) is 19.3 Å². The first-order chi connectivity index (χ1) is 5.50. The maximum absolute atomic E-state index is 2.20. The molecule has 0 atom stereocenters. The molecule has 1 aliphatic rings. The highest BCUT2D eigenvalue weighted by Gasteiger charge is 1.76. The molecule has 0 aromatic rings. The SMILES string of the molecule is C1=CC/C=C\C=C/CC/C=C\1. The van der Waals surface area contributed by atoms with Gasteiger partial charge in [-0.3, -0.25) is 0 Å². The van der Waals surface area contributed by atoms with Gasteiger partial charge in [-0.25, -0.2) is 0 Å². The van der Waals surface area contributed by atoms with Gasteiger partial charge in [0.1, 0.15) is 0 Å². The van der Waals surface area contributed by atoms with Crippen molar-refractivity contribution in [2.75, 3.05) is 0 Å². The molecule has 58 valence electrons. The lowest BCUT2D eigenvalue weighted by molar-refractivity contribution is 1.05. The van der Waals surface area contributed by atoms with Gasteiger partial charge in [-0.05, 0) is 19.3 Å². The Bertz CT molecular complexity index is 170. The third-order valence-corrected chi connectivity index (χ3v) is 1.54. The van der Waals surface area contributed by atoms with Crippen LogP contribution in [0.1, 0.15) is 19.3 Å². The summed E-state index contributed by atoms with van der Waals surface area (Å²) in [6.45, 7) is 0. The first kappa shape index (κ1) is 8.06. The van der Waals surface area contributed by atoms with Crippen LogP contribution in [0.15, 0.2) is 48.6 Å². The van der Waals surface area contributed by atoms with Gasteiger partial charge in [0.15, 0.2) is 0 Å². The second-order valence-electron chi connectivity index (χ2n) is 2.53. The van der Waals surface area contributed by atoms with Gasteiger partial charge in [-0.15, -0.1) is 0 Å². The molecule has 0 radical (unpaired) electrons. The van der Waals surface area contributed by atoms with E-state index in [0.717, 1.165) is 19.3 Å². The third-order valence-electron chi connectivity index (χ3n) is 1.54. The Hall–Kier alpha value is -1.04. The van der Waals surface area contributed by atoms with Crippen molar-refractivity contribution in [2.24, 2.45) is 0 Å². The molecular formula is C11H14. The van der Waals surface area contributed by atoms with Crippen molar-refractivity contribution in [1.29, 1.82) is 0 Å². The van der Waals surface area contributed by atoms with Crippen LogP contribution >= 0.6 is 0 Å². The molecule has 0 fully saturated rings. The van der Waals surface area contributed by atoms with Crippen molar-refractivity contribution >= 4 is 0 Å². The molecule has 0 aromatic heterocycles.